The average Bonchev–Trinajstić information content (AvgIpc) is 1.58. The normalized spacial score (nSPS) is 17.3. The maximum Gasteiger partial charge on any atom is 0.159 e. The second kappa shape index (κ2) is 38.9. The van der Waals surface area contributed by atoms with E-state index in [0.29, 0.717) is 24.7 Å². The van der Waals surface area contributed by atoms with Crippen molar-refractivity contribution in [3.63, 3.8) is 0 Å². The fraction of sp³-hybridized carbons (Fsp3) is 0.190. The molecule has 15 nitrogen and oxygen atoms in total. The standard InChI is InChI=1S/C24H23N3.C22H20N2O.C22H22N2.C18H18N2O.C18H20N2.C17H16Cl2N2/c1-17-15-24-21(16-23(17)26-14-13-25(3)18(26)2)20-11-7-8-12-22(20)27(24)19-9-5-4-6-10-19;1-14-12-13-17-16-8-4-7-11-20(16)25-22(17)21(14)24-15(2)23(3)18-9-5-6-10-19(18)24;1-16-13-14-19(18-9-5-4-6-10-18)15-22(16)24-17(2)23(3)20-11-7-8-12-21(20)24;1-12-8-9-15-14-6-4-5-7-16(14)21-18(15)17(12)20-11-10-19(3)13(20)2;1-14-9-7-8-12-17(14)20-13-18(19(3)15(20)2)16-10-5-4-6-11-16;1-12-11-15(19)5-8-17(12)21-10-9-20(13(21)2)16-6-3-14(18)4-7-16/h4-16,18H,1-3H3;4-13,15H,1-3H3;4-15,17H,1-3H3;4-11,13H,1-3H3;4-13,15H,1-3H3;3-11,13H,1-2H3/t18-;15-;17-;13-;15-;13-/m000000/s1. The summed E-state index contributed by atoms with van der Waals surface area (Å²) in [5, 5.41) is 8.82. The zero-order chi connectivity index (χ0) is 96.0. The molecular formula is C121H119Cl2N13O2. The van der Waals surface area contributed by atoms with Crippen LogP contribution in [0.1, 0.15) is 80.5 Å². The lowest BCUT2D eigenvalue weighted by atomic mass is 10.0. The molecule has 0 fully saturated rings. The minimum absolute atomic E-state index is 0.200. The Morgan fingerprint density at radius 1 is 0.246 bits per heavy atom. The summed E-state index contributed by atoms with van der Waals surface area (Å²) in [6, 6.07) is 117. The third kappa shape index (κ3) is 17.4. The summed E-state index contributed by atoms with van der Waals surface area (Å²) in [4.78, 5) is 27.7. The highest BCUT2D eigenvalue weighted by atomic mass is 35.5. The maximum absolute atomic E-state index is 6.32. The van der Waals surface area contributed by atoms with E-state index in [9.17, 15) is 0 Å². The van der Waals surface area contributed by atoms with E-state index in [4.69, 9.17) is 32.0 Å². The van der Waals surface area contributed by atoms with E-state index < -0.39 is 0 Å². The van der Waals surface area contributed by atoms with Crippen molar-refractivity contribution in [1.82, 2.24) is 19.3 Å². The second-order valence-electron chi connectivity index (χ2n) is 36.8. The van der Waals surface area contributed by atoms with Crippen molar-refractivity contribution in [1.29, 1.82) is 0 Å². The molecule has 24 rings (SSSR count). The Balaban J connectivity index is 0.000000106. The molecule has 0 amide bonds. The van der Waals surface area contributed by atoms with Gasteiger partial charge < -0.3 is 72.2 Å². The highest BCUT2D eigenvalue weighted by molar-refractivity contribution is 6.31. The Morgan fingerprint density at radius 2 is 0.703 bits per heavy atom. The molecule has 9 heterocycles. The van der Waals surface area contributed by atoms with E-state index in [2.05, 4.69) is 498 Å². The first-order chi connectivity index (χ1) is 66.9. The zero-order valence-corrected chi connectivity index (χ0v) is 83.2. The SMILES string of the molecule is Cc1cc(Cl)ccc1N1C=CN(c2ccc(Cl)cc2)[C@@H]1C.Cc1cc2c(cc1N1C=CN(C)[C@@H]1C)c1ccccc1n2-c1ccccc1.Cc1ccc(-c2ccccc2)cc1N1c2ccccc2N(C)[C@@H]1C.Cc1ccc2c(oc3ccccc32)c1N1C=CN(C)[C@@H]1C.Cc1ccc2c(oc3ccccc32)c1N1c2ccccc2N(C)[C@@H]1C.Cc1ccccc1N1C=C(c2ccccc2)N(C)[C@@H]1C. The van der Waals surface area contributed by atoms with E-state index in [0.717, 1.165) is 55.0 Å². The lowest BCUT2D eigenvalue weighted by molar-refractivity contribution is 0.383. The number of aryl methyl sites for hydroxylation is 6. The fourth-order valence-corrected chi connectivity index (χ4v) is 20.5. The van der Waals surface area contributed by atoms with Gasteiger partial charge in [0, 0.05) is 155 Å². The number of rotatable bonds is 10. The third-order valence-electron chi connectivity index (χ3n) is 28.4. The Labute approximate surface area is 821 Å². The lowest BCUT2D eigenvalue weighted by Gasteiger charge is -2.30. The largest absolute Gasteiger partial charge is 0.454 e. The molecule has 6 aliphatic heterocycles. The van der Waals surface area contributed by atoms with Gasteiger partial charge in [0.25, 0.3) is 0 Å². The minimum Gasteiger partial charge on any atom is -0.454 e. The molecule has 0 radical (unpaired) electrons. The van der Waals surface area contributed by atoms with E-state index in [-0.39, 0.29) is 12.3 Å². The summed E-state index contributed by atoms with van der Waals surface area (Å²) >= 11 is 12.0. The molecule has 3 aromatic heterocycles. The fourth-order valence-electron chi connectivity index (χ4n) is 20.2. The number of halogens is 2. The molecule has 0 bridgehead atoms. The van der Waals surface area contributed by atoms with Crippen molar-refractivity contribution in [3.8, 4) is 16.8 Å². The topological polar surface area (TPSA) is 70.1 Å². The molecule has 15 aromatic carbocycles. The van der Waals surface area contributed by atoms with Crippen molar-refractivity contribution in [2.24, 2.45) is 0 Å². The van der Waals surface area contributed by atoms with Crippen LogP contribution in [-0.4, -0.2) is 91.5 Å². The van der Waals surface area contributed by atoms with Crippen LogP contribution in [0.15, 0.2) is 386 Å². The van der Waals surface area contributed by atoms with Crippen LogP contribution in [0.3, 0.4) is 0 Å². The molecule has 0 N–H and O–H groups in total. The molecule has 0 spiro atoms. The number of benzene rings is 15. The van der Waals surface area contributed by atoms with Gasteiger partial charge in [0.2, 0.25) is 0 Å². The first-order valence-electron chi connectivity index (χ1n) is 47.7. The van der Waals surface area contributed by atoms with Gasteiger partial charge in [-0.3, -0.25) is 0 Å². The molecule has 138 heavy (non-hydrogen) atoms. The van der Waals surface area contributed by atoms with Crippen molar-refractivity contribution in [3.05, 3.63) is 426 Å². The second-order valence-corrected chi connectivity index (χ2v) is 37.7. The predicted molar refractivity (Wildman–Crippen MR) is 586 cm³/mol. The van der Waals surface area contributed by atoms with Crippen LogP contribution in [0.4, 0.5) is 62.6 Å². The molecule has 18 aromatic rings. The molecule has 0 aliphatic carbocycles. The van der Waals surface area contributed by atoms with E-state index in [1.54, 1.807) is 0 Å². The Hall–Kier alpha value is -15.2. The van der Waals surface area contributed by atoms with E-state index >= 15 is 0 Å². The minimum atomic E-state index is 0.200. The number of anilines is 11. The van der Waals surface area contributed by atoms with Gasteiger partial charge in [0.05, 0.1) is 50.9 Å². The Morgan fingerprint density at radius 3 is 1.30 bits per heavy atom. The molecule has 694 valence electrons. The average molecular weight is 1860 g/mol. The van der Waals surface area contributed by atoms with Crippen LogP contribution in [-0.2, 0) is 0 Å². The van der Waals surface area contributed by atoms with Gasteiger partial charge in [-0.25, -0.2) is 0 Å². The molecule has 6 aliphatic rings. The number of hydrogen-bond acceptors (Lipinski definition) is 14. The molecular weight excluding hydrogens is 1740 g/mol. The van der Waals surface area contributed by atoms with Crippen LogP contribution in [0.2, 0.25) is 10.0 Å². The van der Waals surface area contributed by atoms with Gasteiger partial charge in [-0.1, -0.05) is 236 Å². The highest BCUT2D eigenvalue weighted by Crippen LogP contribution is 2.51. The number of fused-ring (bicyclic) bond motifs is 11. The summed E-state index contributed by atoms with van der Waals surface area (Å²) in [6.45, 7) is 26.3. The maximum atomic E-state index is 6.32. The van der Waals surface area contributed by atoms with Crippen molar-refractivity contribution in [2.75, 3.05) is 79.3 Å². The molecule has 0 unspecified atom stereocenters. The Kier molecular flexibility index (Phi) is 25.9. The van der Waals surface area contributed by atoms with Crippen LogP contribution < -0.4 is 44.1 Å². The molecule has 6 atom stereocenters. The summed E-state index contributed by atoms with van der Waals surface area (Å²) < 4.78 is 14.9. The van der Waals surface area contributed by atoms with Crippen LogP contribution >= 0.6 is 23.2 Å². The van der Waals surface area contributed by atoms with Crippen molar-refractivity contribution < 1.29 is 8.83 Å². The summed E-state index contributed by atoms with van der Waals surface area (Å²) in [5.74, 6) is 0. The zero-order valence-electron chi connectivity index (χ0n) is 81.6. The monoisotopic (exact) mass is 1860 g/mol. The molecule has 0 saturated carbocycles. The van der Waals surface area contributed by atoms with Gasteiger partial charge in [0.15, 0.2) is 11.2 Å². The third-order valence-corrected chi connectivity index (χ3v) is 28.9. The van der Waals surface area contributed by atoms with Crippen LogP contribution in [0, 0.1) is 41.5 Å². The first-order valence-corrected chi connectivity index (χ1v) is 48.4. The number of aromatic nitrogens is 1. The van der Waals surface area contributed by atoms with Crippen molar-refractivity contribution in [2.45, 2.75) is 120 Å². The quantitative estimate of drug-likeness (QED) is 0.130. The molecule has 0 saturated heterocycles. The van der Waals surface area contributed by atoms with E-state index in [1.165, 1.54) is 145 Å². The van der Waals surface area contributed by atoms with Gasteiger partial charge in [-0.15, -0.1) is 0 Å². The van der Waals surface area contributed by atoms with Gasteiger partial charge in [0.1, 0.15) is 48.2 Å². The first kappa shape index (κ1) is 91.9. The van der Waals surface area contributed by atoms with Gasteiger partial charge >= 0.3 is 0 Å². The van der Waals surface area contributed by atoms with Gasteiger partial charge in [-0.05, 0) is 254 Å². The van der Waals surface area contributed by atoms with Crippen molar-refractivity contribution >= 4 is 157 Å². The summed E-state index contributed by atoms with van der Waals surface area (Å²) in [5.41, 5.74) is 33.6. The van der Waals surface area contributed by atoms with Crippen LogP contribution in [0.25, 0.3) is 88.2 Å². The number of para-hydroxylation sites is 9. The highest BCUT2D eigenvalue weighted by Gasteiger charge is 2.37. The summed E-state index contributed by atoms with van der Waals surface area (Å²) in [7, 11) is 10.7. The van der Waals surface area contributed by atoms with E-state index in [1.807, 2.05) is 60.7 Å². The van der Waals surface area contributed by atoms with Gasteiger partial charge in [-0.2, -0.15) is 0 Å². The molecule has 17 heteroatoms. The summed E-state index contributed by atoms with van der Waals surface area (Å²) in [6.07, 6.45) is 16.6. The number of furan rings is 2. The van der Waals surface area contributed by atoms with Crippen LogP contribution in [0.5, 0.6) is 0 Å². The Bertz CT molecular complexity index is 7640. The smallest absolute Gasteiger partial charge is 0.159 e. The number of nitrogens with zero attached hydrogens (tertiary/aromatic N) is 13. The number of hydrogen-bond donors (Lipinski definition) is 0. The predicted octanol–water partition coefficient (Wildman–Crippen LogP) is 31.1. The lowest BCUT2D eigenvalue weighted by Crippen LogP contribution is -2.36.